The summed E-state index contributed by atoms with van der Waals surface area (Å²) in [5, 5.41) is 11.8. The van der Waals surface area contributed by atoms with E-state index < -0.39 is 23.7 Å². The minimum atomic E-state index is -4.89. The van der Waals surface area contributed by atoms with Crippen LogP contribution in [0.4, 0.5) is 13.2 Å². The number of carbonyl (C=O) groups excluding carboxylic acids is 1. The van der Waals surface area contributed by atoms with Gasteiger partial charge in [-0.2, -0.15) is 0 Å². The number of para-hydroxylation sites is 1. The van der Waals surface area contributed by atoms with Crippen molar-refractivity contribution in [3.05, 3.63) is 107 Å². The summed E-state index contributed by atoms with van der Waals surface area (Å²) in [5.41, 5.74) is 0.996. The smallest absolute Gasteiger partial charge is 0.478 e. The van der Waals surface area contributed by atoms with E-state index in [1.165, 1.54) is 36.6 Å². The number of carbonyl (C=O) groups is 2. The lowest BCUT2D eigenvalue weighted by molar-refractivity contribution is -0.274. The quantitative estimate of drug-likeness (QED) is 0.222. The number of halogens is 3. The van der Waals surface area contributed by atoms with Gasteiger partial charge < -0.3 is 14.6 Å². The van der Waals surface area contributed by atoms with Crippen LogP contribution in [-0.2, 0) is 11.2 Å². The third-order valence-corrected chi connectivity index (χ3v) is 6.96. The number of hydrogen-bond acceptors (Lipinski definition) is 4. The molecule has 0 bridgehead atoms. The molecule has 9 heteroatoms. The number of carboxylic acids is 1. The highest BCUT2D eigenvalue weighted by Gasteiger charge is 2.32. The van der Waals surface area contributed by atoms with E-state index >= 15 is 0 Å². The molecule has 0 aliphatic carbocycles. The molecule has 5 rings (SSSR count). The van der Waals surface area contributed by atoms with Crippen molar-refractivity contribution in [1.29, 1.82) is 0 Å². The Labute approximate surface area is 233 Å². The van der Waals surface area contributed by atoms with Crippen molar-refractivity contribution >= 4 is 33.6 Å². The normalized spacial score (nSPS) is 12.0. The maximum atomic E-state index is 13.9. The van der Waals surface area contributed by atoms with Gasteiger partial charge in [-0.25, -0.2) is 4.79 Å². The zero-order valence-corrected chi connectivity index (χ0v) is 22.5. The fourth-order valence-electron chi connectivity index (χ4n) is 4.85. The fourth-order valence-corrected chi connectivity index (χ4v) is 4.85. The SMILES string of the molecule is Cc1c(Cc2ccccc2OC(C)(C)C(=O)O)c2cc(OC(F)(F)F)ccc2n1C(=O)c1ccc2ccccc2c1. The van der Waals surface area contributed by atoms with Crippen LogP contribution in [0.15, 0.2) is 84.9 Å². The number of fused-ring (bicyclic) bond motifs is 2. The maximum Gasteiger partial charge on any atom is 0.573 e. The molecule has 1 N–H and O–H groups in total. The molecule has 0 amide bonds. The summed E-state index contributed by atoms with van der Waals surface area (Å²) in [6.45, 7) is 4.57. The molecule has 0 aliphatic heterocycles. The fraction of sp³-hybridized carbons (Fsp3) is 0.188. The van der Waals surface area contributed by atoms with Gasteiger partial charge in [0.15, 0.2) is 5.60 Å². The van der Waals surface area contributed by atoms with Gasteiger partial charge in [-0.1, -0.05) is 48.5 Å². The second-order valence-electron chi connectivity index (χ2n) is 10.2. The lowest BCUT2D eigenvalue weighted by Crippen LogP contribution is -2.38. The summed E-state index contributed by atoms with van der Waals surface area (Å²) < 4.78 is 50.7. The van der Waals surface area contributed by atoms with Crippen molar-refractivity contribution < 1.29 is 37.3 Å². The summed E-state index contributed by atoms with van der Waals surface area (Å²) in [4.78, 5) is 25.6. The molecule has 5 aromatic rings. The number of nitrogens with zero attached hydrogens (tertiary/aromatic N) is 1. The highest BCUT2D eigenvalue weighted by Crippen LogP contribution is 2.36. The van der Waals surface area contributed by atoms with Gasteiger partial charge >= 0.3 is 12.3 Å². The average Bonchev–Trinajstić information content (AvgIpc) is 3.18. The van der Waals surface area contributed by atoms with Gasteiger partial charge in [-0.15, -0.1) is 13.2 Å². The summed E-state index contributed by atoms with van der Waals surface area (Å²) in [7, 11) is 0. The molecule has 6 nitrogen and oxygen atoms in total. The van der Waals surface area contributed by atoms with Crippen molar-refractivity contribution in [3.8, 4) is 11.5 Å². The van der Waals surface area contributed by atoms with E-state index in [0.717, 1.165) is 10.8 Å². The molecule has 0 saturated heterocycles. The molecule has 0 fully saturated rings. The van der Waals surface area contributed by atoms with E-state index in [9.17, 15) is 27.9 Å². The minimum Gasteiger partial charge on any atom is -0.478 e. The van der Waals surface area contributed by atoms with Crippen LogP contribution in [0, 0.1) is 6.92 Å². The lowest BCUT2D eigenvalue weighted by Gasteiger charge is -2.23. The van der Waals surface area contributed by atoms with E-state index in [1.807, 2.05) is 30.3 Å². The molecule has 0 aliphatic rings. The van der Waals surface area contributed by atoms with Crippen LogP contribution >= 0.6 is 0 Å². The van der Waals surface area contributed by atoms with Crippen LogP contribution in [0.25, 0.3) is 21.7 Å². The van der Waals surface area contributed by atoms with Crippen molar-refractivity contribution in [3.63, 3.8) is 0 Å². The Kier molecular flexibility index (Phi) is 6.98. The lowest BCUT2D eigenvalue weighted by atomic mass is 10.0. The first kappa shape index (κ1) is 27.8. The Balaban J connectivity index is 1.65. The Bertz CT molecular complexity index is 1800. The zero-order valence-electron chi connectivity index (χ0n) is 22.5. The summed E-state index contributed by atoms with van der Waals surface area (Å²) in [6.07, 6.45) is -4.74. The Morgan fingerprint density at radius 1 is 0.854 bits per heavy atom. The van der Waals surface area contributed by atoms with Crippen molar-refractivity contribution in [1.82, 2.24) is 4.57 Å². The standard InChI is InChI=1S/C32H26F3NO5/c1-19-25(17-22-10-6-7-11-28(22)41-31(2,3)30(38)39)26-18-24(40-32(33,34)35)14-15-27(26)36(19)29(37)23-13-12-20-8-4-5-9-21(20)16-23/h4-16,18H,17H2,1-3H3,(H,38,39). The second-order valence-corrected chi connectivity index (χ2v) is 10.2. The number of rotatable bonds is 7. The number of hydrogen-bond donors (Lipinski definition) is 1. The van der Waals surface area contributed by atoms with E-state index in [4.69, 9.17) is 4.74 Å². The Hall–Kier alpha value is -4.79. The third-order valence-electron chi connectivity index (χ3n) is 6.96. The third kappa shape index (κ3) is 5.61. The molecule has 1 aromatic heterocycles. The van der Waals surface area contributed by atoms with E-state index in [-0.39, 0.29) is 12.3 Å². The first-order valence-electron chi connectivity index (χ1n) is 12.8. The minimum absolute atomic E-state index is 0.154. The number of ether oxygens (including phenoxy) is 2. The highest BCUT2D eigenvalue weighted by atomic mass is 19.4. The van der Waals surface area contributed by atoms with Crippen LogP contribution in [0.5, 0.6) is 11.5 Å². The van der Waals surface area contributed by atoms with Crippen molar-refractivity contribution in [2.75, 3.05) is 0 Å². The number of carboxylic acid groups (broad SMARTS) is 1. The van der Waals surface area contributed by atoms with Crippen LogP contribution in [-0.4, -0.2) is 33.5 Å². The molecule has 1 heterocycles. The van der Waals surface area contributed by atoms with Gasteiger partial charge in [0.2, 0.25) is 0 Å². The second kappa shape index (κ2) is 10.3. The summed E-state index contributed by atoms with van der Waals surface area (Å²) >= 11 is 0. The number of aromatic nitrogens is 1. The van der Waals surface area contributed by atoms with E-state index in [2.05, 4.69) is 4.74 Å². The monoisotopic (exact) mass is 561 g/mol. The molecule has 0 spiro atoms. The number of benzene rings is 4. The number of alkyl halides is 3. The molecular weight excluding hydrogens is 535 g/mol. The average molecular weight is 562 g/mol. The van der Waals surface area contributed by atoms with Crippen LogP contribution in [0.2, 0.25) is 0 Å². The Morgan fingerprint density at radius 3 is 2.24 bits per heavy atom. The molecule has 210 valence electrons. The van der Waals surface area contributed by atoms with Gasteiger partial charge in [0, 0.05) is 23.1 Å². The van der Waals surface area contributed by atoms with Crippen molar-refractivity contribution in [2.24, 2.45) is 0 Å². The van der Waals surface area contributed by atoms with Crippen LogP contribution in [0.1, 0.15) is 41.0 Å². The van der Waals surface area contributed by atoms with Gasteiger partial charge in [0.25, 0.3) is 5.91 Å². The molecule has 0 atom stereocenters. The first-order chi connectivity index (χ1) is 19.3. The predicted octanol–water partition coefficient (Wildman–Crippen LogP) is 7.52. The van der Waals surface area contributed by atoms with Gasteiger partial charge in [-0.3, -0.25) is 9.36 Å². The van der Waals surface area contributed by atoms with E-state index in [0.29, 0.717) is 39.0 Å². The van der Waals surface area contributed by atoms with Gasteiger partial charge in [0.1, 0.15) is 11.5 Å². The molecule has 0 saturated carbocycles. The largest absolute Gasteiger partial charge is 0.573 e. The molecule has 4 aromatic carbocycles. The summed E-state index contributed by atoms with van der Waals surface area (Å²) in [5.74, 6) is -1.61. The van der Waals surface area contributed by atoms with Crippen LogP contribution in [0.3, 0.4) is 0 Å². The first-order valence-corrected chi connectivity index (χ1v) is 12.8. The topological polar surface area (TPSA) is 77.8 Å². The number of aliphatic carboxylic acids is 1. The zero-order chi connectivity index (χ0) is 29.5. The maximum absolute atomic E-state index is 13.9. The molecule has 41 heavy (non-hydrogen) atoms. The Morgan fingerprint density at radius 2 is 1.54 bits per heavy atom. The molecule has 0 radical (unpaired) electrons. The van der Waals surface area contributed by atoms with Gasteiger partial charge in [-0.05, 0) is 79.1 Å². The summed E-state index contributed by atoms with van der Waals surface area (Å²) in [6, 6.07) is 23.7. The van der Waals surface area contributed by atoms with Crippen molar-refractivity contribution in [2.45, 2.75) is 39.2 Å². The van der Waals surface area contributed by atoms with Gasteiger partial charge in [0.05, 0.1) is 5.52 Å². The predicted molar refractivity (Wildman–Crippen MR) is 149 cm³/mol. The van der Waals surface area contributed by atoms with E-state index in [1.54, 1.807) is 43.3 Å². The highest BCUT2D eigenvalue weighted by molar-refractivity contribution is 6.06. The molecule has 0 unspecified atom stereocenters. The van der Waals surface area contributed by atoms with Crippen LogP contribution < -0.4 is 9.47 Å². The molecular formula is C32H26F3NO5.